The van der Waals surface area contributed by atoms with Crippen molar-refractivity contribution in [3.8, 4) is 0 Å². The van der Waals surface area contributed by atoms with Crippen LogP contribution in [0.25, 0.3) is 11.0 Å². The number of amidine groups is 1. The maximum Gasteiger partial charge on any atom is 0.171 e. The van der Waals surface area contributed by atoms with Gasteiger partial charge in [-0.05, 0) is 24.3 Å². The SMILES string of the molecule is N/C(=N/N=C/c1cc2ccccc2o1)c1ccccn1. The molecule has 0 saturated carbocycles. The maximum absolute atomic E-state index is 5.78. The fraction of sp³-hybridized carbons (Fsp3) is 0. The van der Waals surface area contributed by atoms with Crippen molar-refractivity contribution in [1.29, 1.82) is 0 Å². The van der Waals surface area contributed by atoms with E-state index in [-0.39, 0.29) is 5.84 Å². The zero-order valence-corrected chi connectivity index (χ0v) is 10.6. The monoisotopic (exact) mass is 264 g/mol. The summed E-state index contributed by atoms with van der Waals surface area (Å²) in [6.45, 7) is 0. The molecule has 5 heteroatoms. The van der Waals surface area contributed by atoms with Crippen molar-refractivity contribution in [3.63, 3.8) is 0 Å². The van der Waals surface area contributed by atoms with Gasteiger partial charge in [0.05, 0.1) is 6.21 Å². The minimum Gasteiger partial charge on any atom is -0.455 e. The van der Waals surface area contributed by atoms with E-state index in [0.717, 1.165) is 11.0 Å². The third kappa shape index (κ3) is 2.56. The first-order valence-corrected chi connectivity index (χ1v) is 6.09. The lowest BCUT2D eigenvalue weighted by Crippen LogP contribution is -2.14. The molecule has 0 amide bonds. The Kier molecular flexibility index (Phi) is 3.24. The van der Waals surface area contributed by atoms with Gasteiger partial charge in [-0.1, -0.05) is 24.3 Å². The van der Waals surface area contributed by atoms with E-state index in [0.29, 0.717) is 11.5 Å². The molecule has 0 aliphatic carbocycles. The first kappa shape index (κ1) is 12.1. The fourth-order valence-electron chi connectivity index (χ4n) is 1.78. The van der Waals surface area contributed by atoms with E-state index in [1.54, 1.807) is 12.3 Å². The number of fused-ring (bicyclic) bond motifs is 1. The van der Waals surface area contributed by atoms with E-state index in [1.165, 1.54) is 6.21 Å². The molecule has 3 aromatic rings. The van der Waals surface area contributed by atoms with Crippen molar-refractivity contribution in [1.82, 2.24) is 4.98 Å². The largest absolute Gasteiger partial charge is 0.455 e. The number of rotatable bonds is 3. The van der Waals surface area contributed by atoms with E-state index in [9.17, 15) is 0 Å². The Morgan fingerprint density at radius 2 is 2.00 bits per heavy atom. The molecule has 0 aliphatic heterocycles. The summed E-state index contributed by atoms with van der Waals surface area (Å²) in [4.78, 5) is 4.09. The third-order valence-electron chi connectivity index (χ3n) is 2.72. The van der Waals surface area contributed by atoms with Gasteiger partial charge < -0.3 is 10.2 Å². The van der Waals surface area contributed by atoms with Crippen molar-refractivity contribution in [2.24, 2.45) is 15.9 Å². The number of pyridine rings is 1. The molecule has 0 fully saturated rings. The lowest BCUT2D eigenvalue weighted by Gasteiger charge is -1.94. The summed E-state index contributed by atoms with van der Waals surface area (Å²) < 4.78 is 5.58. The van der Waals surface area contributed by atoms with Crippen LogP contribution in [-0.2, 0) is 0 Å². The minimum absolute atomic E-state index is 0.262. The standard InChI is InChI=1S/C15H12N4O/c16-15(13-6-3-4-8-17-13)19-18-10-12-9-11-5-1-2-7-14(11)20-12/h1-10H,(H2,16,19)/b18-10+. The lowest BCUT2D eigenvalue weighted by atomic mass is 10.2. The zero-order valence-electron chi connectivity index (χ0n) is 10.6. The van der Waals surface area contributed by atoms with Crippen LogP contribution in [-0.4, -0.2) is 17.0 Å². The van der Waals surface area contributed by atoms with Crippen LogP contribution in [0.1, 0.15) is 11.5 Å². The first-order valence-electron chi connectivity index (χ1n) is 6.09. The molecule has 0 bridgehead atoms. The molecule has 0 unspecified atom stereocenters. The molecule has 2 N–H and O–H groups in total. The Labute approximate surface area is 115 Å². The van der Waals surface area contributed by atoms with Gasteiger partial charge in [0.2, 0.25) is 0 Å². The van der Waals surface area contributed by atoms with Crippen molar-refractivity contribution in [2.75, 3.05) is 0 Å². The smallest absolute Gasteiger partial charge is 0.171 e. The Morgan fingerprint density at radius 3 is 2.80 bits per heavy atom. The average molecular weight is 264 g/mol. The van der Waals surface area contributed by atoms with Gasteiger partial charge in [0.15, 0.2) is 5.84 Å². The highest BCUT2D eigenvalue weighted by atomic mass is 16.3. The predicted octanol–water partition coefficient (Wildman–Crippen LogP) is 2.57. The van der Waals surface area contributed by atoms with Gasteiger partial charge in [0, 0.05) is 11.6 Å². The number of para-hydroxylation sites is 1. The quantitative estimate of drug-likeness (QED) is 0.448. The van der Waals surface area contributed by atoms with Crippen molar-refractivity contribution in [2.45, 2.75) is 0 Å². The molecule has 0 radical (unpaired) electrons. The Morgan fingerprint density at radius 1 is 1.15 bits per heavy atom. The Balaban J connectivity index is 1.80. The Hall–Kier alpha value is -2.95. The highest BCUT2D eigenvalue weighted by molar-refractivity contribution is 5.96. The van der Waals surface area contributed by atoms with Gasteiger partial charge >= 0.3 is 0 Å². The molecule has 98 valence electrons. The zero-order chi connectivity index (χ0) is 13.8. The molecule has 0 spiro atoms. The van der Waals surface area contributed by atoms with Crippen LogP contribution in [0.4, 0.5) is 0 Å². The first-order chi connectivity index (χ1) is 9.83. The van der Waals surface area contributed by atoms with E-state index >= 15 is 0 Å². The molecule has 5 nitrogen and oxygen atoms in total. The van der Waals surface area contributed by atoms with Gasteiger partial charge in [0.25, 0.3) is 0 Å². The van der Waals surface area contributed by atoms with Gasteiger partial charge in [-0.25, -0.2) is 0 Å². The molecule has 2 heterocycles. The molecule has 0 aliphatic rings. The summed E-state index contributed by atoms with van der Waals surface area (Å²) in [5.74, 6) is 0.890. The highest BCUT2D eigenvalue weighted by Crippen LogP contribution is 2.17. The van der Waals surface area contributed by atoms with Gasteiger partial charge in [-0.3, -0.25) is 4.98 Å². The number of nitrogens with two attached hydrogens (primary N) is 1. The second-order valence-electron chi connectivity index (χ2n) is 4.13. The fourth-order valence-corrected chi connectivity index (χ4v) is 1.78. The van der Waals surface area contributed by atoms with Crippen LogP contribution in [0, 0.1) is 0 Å². The number of hydrogen-bond donors (Lipinski definition) is 1. The molecule has 1 aromatic carbocycles. The van der Waals surface area contributed by atoms with Crippen LogP contribution in [0.3, 0.4) is 0 Å². The summed E-state index contributed by atoms with van der Waals surface area (Å²) in [6.07, 6.45) is 3.18. The highest BCUT2D eigenvalue weighted by Gasteiger charge is 2.00. The van der Waals surface area contributed by atoms with Crippen LogP contribution in [0.5, 0.6) is 0 Å². The van der Waals surface area contributed by atoms with Crippen LogP contribution >= 0.6 is 0 Å². The predicted molar refractivity (Wildman–Crippen MR) is 78.8 cm³/mol. The molecular weight excluding hydrogens is 252 g/mol. The molecule has 20 heavy (non-hydrogen) atoms. The number of aromatic nitrogens is 1. The van der Waals surface area contributed by atoms with E-state index in [1.807, 2.05) is 42.5 Å². The van der Waals surface area contributed by atoms with Gasteiger partial charge in [0.1, 0.15) is 17.0 Å². The van der Waals surface area contributed by atoms with Crippen molar-refractivity contribution in [3.05, 3.63) is 66.2 Å². The summed E-state index contributed by atoms with van der Waals surface area (Å²) in [7, 11) is 0. The van der Waals surface area contributed by atoms with Crippen LogP contribution < -0.4 is 5.73 Å². The molecule has 0 saturated heterocycles. The maximum atomic E-state index is 5.78. The molecule has 2 aromatic heterocycles. The van der Waals surface area contributed by atoms with Crippen molar-refractivity contribution >= 4 is 23.0 Å². The number of benzene rings is 1. The third-order valence-corrected chi connectivity index (χ3v) is 2.72. The lowest BCUT2D eigenvalue weighted by molar-refractivity contribution is 0.607. The molecule has 3 rings (SSSR count). The topological polar surface area (TPSA) is 76.8 Å². The van der Waals surface area contributed by atoms with E-state index in [2.05, 4.69) is 15.2 Å². The Bertz CT molecular complexity index is 742. The number of nitrogens with zero attached hydrogens (tertiary/aromatic N) is 3. The summed E-state index contributed by atoms with van der Waals surface area (Å²) in [6, 6.07) is 15.1. The van der Waals surface area contributed by atoms with Gasteiger partial charge in [-0.2, -0.15) is 5.10 Å². The van der Waals surface area contributed by atoms with E-state index in [4.69, 9.17) is 10.2 Å². The normalized spacial score (nSPS) is 12.3. The minimum atomic E-state index is 0.262. The van der Waals surface area contributed by atoms with Crippen molar-refractivity contribution < 1.29 is 4.42 Å². The molecule has 0 atom stereocenters. The van der Waals surface area contributed by atoms with E-state index < -0.39 is 0 Å². The molecular formula is C15H12N4O. The second kappa shape index (κ2) is 5.36. The van der Waals surface area contributed by atoms with Crippen LogP contribution in [0.15, 0.2) is 69.3 Å². The number of hydrogen-bond acceptors (Lipinski definition) is 4. The summed E-state index contributed by atoms with van der Waals surface area (Å²) in [5, 5.41) is 8.84. The van der Waals surface area contributed by atoms with Crippen LogP contribution in [0.2, 0.25) is 0 Å². The number of furan rings is 1. The summed E-state index contributed by atoms with van der Waals surface area (Å²) >= 11 is 0. The second-order valence-corrected chi connectivity index (χ2v) is 4.13. The van der Waals surface area contributed by atoms with Gasteiger partial charge in [-0.15, -0.1) is 5.10 Å². The average Bonchev–Trinajstić information content (AvgIpc) is 2.90. The summed E-state index contributed by atoms with van der Waals surface area (Å²) in [5.41, 5.74) is 7.18.